The summed E-state index contributed by atoms with van der Waals surface area (Å²) in [5, 5.41) is 2.99. The molecule has 1 unspecified atom stereocenters. The highest BCUT2D eigenvalue weighted by Gasteiger charge is 2.28. The third-order valence-corrected chi connectivity index (χ3v) is 5.26. The van der Waals surface area contributed by atoms with Crippen LogP contribution in [-0.4, -0.2) is 74.5 Å². The van der Waals surface area contributed by atoms with Crippen LogP contribution >= 0.6 is 0 Å². The highest BCUT2D eigenvalue weighted by atomic mass is 16.7. The van der Waals surface area contributed by atoms with Gasteiger partial charge in [0.05, 0.1) is 13.2 Å². The lowest BCUT2D eigenvalue weighted by Gasteiger charge is -2.37. The van der Waals surface area contributed by atoms with Crippen LogP contribution < -0.4 is 14.8 Å². The van der Waals surface area contributed by atoms with Crippen molar-refractivity contribution < 1.29 is 23.8 Å². The number of urea groups is 1. The Morgan fingerprint density at radius 3 is 2.74 bits per heavy atom. The SMILES string of the molecule is O=C(NCC1CCCN(C(=O)N2CCOCC2)C1)c1ccc2c(c1)OCO2. The van der Waals surface area contributed by atoms with E-state index >= 15 is 0 Å². The Balaban J connectivity index is 1.29. The van der Waals surface area contributed by atoms with Gasteiger partial charge in [-0.1, -0.05) is 0 Å². The fourth-order valence-corrected chi connectivity index (χ4v) is 3.74. The van der Waals surface area contributed by atoms with E-state index in [0.29, 0.717) is 56.5 Å². The lowest BCUT2D eigenvalue weighted by molar-refractivity contribution is 0.0391. The van der Waals surface area contributed by atoms with Gasteiger partial charge in [0.1, 0.15) is 0 Å². The molecule has 27 heavy (non-hydrogen) atoms. The van der Waals surface area contributed by atoms with Gasteiger partial charge in [-0.2, -0.15) is 0 Å². The zero-order chi connectivity index (χ0) is 18.6. The zero-order valence-electron chi connectivity index (χ0n) is 15.3. The Hall–Kier alpha value is -2.48. The molecule has 1 atom stereocenters. The fraction of sp³-hybridized carbons (Fsp3) is 0.579. The summed E-state index contributed by atoms with van der Waals surface area (Å²) >= 11 is 0. The number of fused-ring (bicyclic) bond motifs is 1. The van der Waals surface area contributed by atoms with E-state index in [1.54, 1.807) is 18.2 Å². The van der Waals surface area contributed by atoms with Crippen LogP contribution in [0, 0.1) is 5.92 Å². The molecule has 3 heterocycles. The first-order valence-electron chi connectivity index (χ1n) is 9.50. The van der Waals surface area contributed by atoms with Gasteiger partial charge in [-0.25, -0.2) is 4.79 Å². The minimum Gasteiger partial charge on any atom is -0.454 e. The second-order valence-electron chi connectivity index (χ2n) is 7.11. The Labute approximate surface area is 158 Å². The first kappa shape index (κ1) is 17.9. The second kappa shape index (κ2) is 8.04. The first-order chi connectivity index (χ1) is 13.2. The molecule has 3 aliphatic rings. The average Bonchev–Trinajstić information content (AvgIpc) is 3.20. The Kier molecular flexibility index (Phi) is 5.33. The van der Waals surface area contributed by atoms with Crippen molar-refractivity contribution in [3.8, 4) is 11.5 Å². The number of hydrogen-bond donors (Lipinski definition) is 1. The van der Waals surface area contributed by atoms with Crippen molar-refractivity contribution in [2.75, 3.05) is 52.7 Å². The van der Waals surface area contributed by atoms with Gasteiger partial charge in [0.2, 0.25) is 6.79 Å². The summed E-state index contributed by atoms with van der Waals surface area (Å²) < 4.78 is 15.9. The van der Waals surface area contributed by atoms with Crippen LogP contribution in [0.1, 0.15) is 23.2 Å². The Morgan fingerprint density at radius 2 is 1.89 bits per heavy atom. The van der Waals surface area contributed by atoms with Crippen molar-refractivity contribution in [3.63, 3.8) is 0 Å². The van der Waals surface area contributed by atoms with E-state index in [2.05, 4.69) is 5.32 Å². The molecule has 3 aliphatic heterocycles. The van der Waals surface area contributed by atoms with E-state index in [-0.39, 0.29) is 24.6 Å². The number of nitrogens with zero attached hydrogens (tertiary/aromatic N) is 2. The van der Waals surface area contributed by atoms with Crippen molar-refractivity contribution in [2.45, 2.75) is 12.8 Å². The van der Waals surface area contributed by atoms with E-state index in [4.69, 9.17) is 14.2 Å². The number of benzene rings is 1. The predicted octanol–water partition coefficient (Wildman–Crippen LogP) is 1.31. The molecule has 0 aliphatic carbocycles. The minimum atomic E-state index is -0.134. The molecule has 8 heteroatoms. The zero-order valence-corrected chi connectivity index (χ0v) is 15.3. The third-order valence-electron chi connectivity index (χ3n) is 5.26. The van der Waals surface area contributed by atoms with Crippen LogP contribution in [0.4, 0.5) is 4.79 Å². The van der Waals surface area contributed by atoms with Gasteiger partial charge in [-0.15, -0.1) is 0 Å². The molecule has 0 bridgehead atoms. The topological polar surface area (TPSA) is 80.3 Å². The highest BCUT2D eigenvalue weighted by Crippen LogP contribution is 2.32. The molecule has 2 saturated heterocycles. The molecule has 3 amide bonds. The second-order valence-corrected chi connectivity index (χ2v) is 7.11. The smallest absolute Gasteiger partial charge is 0.320 e. The van der Waals surface area contributed by atoms with Crippen molar-refractivity contribution >= 4 is 11.9 Å². The van der Waals surface area contributed by atoms with Crippen LogP contribution in [0.3, 0.4) is 0 Å². The van der Waals surface area contributed by atoms with Crippen LogP contribution in [0.15, 0.2) is 18.2 Å². The monoisotopic (exact) mass is 375 g/mol. The molecular formula is C19H25N3O5. The molecule has 1 aromatic carbocycles. The summed E-state index contributed by atoms with van der Waals surface area (Å²) in [5.74, 6) is 1.39. The van der Waals surface area contributed by atoms with E-state index in [1.807, 2.05) is 9.80 Å². The number of carbonyl (C=O) groups excluding carboxylic acids is 2. The maximum absolute atomic E-state index is 12.6. The number of likely N-dealkylation sites (tertiary alicyclic amines) is 1. The van der Waals surface area contributed by atoms with Crippen LogP contribution in [0.25, 0.3) is 0 Å². The van der Waals surface area contributed by atoms with Gasteiger partial charge in [0.15, 0.2) is 11.5 Å². The lowest BCUT2D eigenvalue weighted by Crippen LogP contribution is -2.52. The number of nitrogens with one attached hydrogen (secondary N) is 1. The van der Waals surface area contributed by atoms with Gasteiger partial charge in [0.25, 0.3) is 5.91 Å². The van der Waals surface area contributed by atoms with Crippen molar-refractivity contribution in [1.82, 2.24) is 15.1 Å². The first-order valence-corrected chi connectivity index (χ1v) is 9.50. The summed E-state index contributed by atoms with van der Waals surface area (Å²) in [4.78, 5) is 28.9. The molecular weight excluding hydrogens is 350 g/mol. The predicted molar refractivity (Wildman–Crippen MR) is 97.0 cm³/mol. The maximum Gasteiger partial charge on any atom is 0.320 e. The van der Waals surface area contributed by atoms with Crippen LogP contribution in [0.2, 0.25) is 0 Å². The van der Waals surface area contributed by atoms with Crippen molar-refractivity contribution in [3.05, 3.63) is 23.8 Å². The molecule has 0 spiro atoms. The molecule has 0 radical (unpaired) electrons. The summed E-state index contributed by atoms with van der Waals surface area (Å²) in [6.07, 6.45) is 1.97. The minimum absolute atomic E-state index is 0.0881. The Morgan fingerprint density at radius 1 is 1.07 bits per heavy atom. The highest BCUT2D eigenvalue weighted by molar-refractivity contribution is 5.94. The van der Waals surface area contributed by atoms with Gasteiger partial charge >= 0.3 is 6.03 Å². The molecule has 0 saturated carbocycles. The molecule has 146 valence electrons. The van der Waals surface area contributed by atoms with E-state index < -0.39 is 0 Å². The maximum atomic E-state index is 12.6. The lowest BCUT2D eigenvalue weighted by atomic mass is 9.98. The van der Waals surface area contributed by atoms with Crippen molar-refractivity contribution in [2.24, 2.45) is 5.92 Å². The van der Waals surface area contributed by atoms with Gasteiger partial charge in [-0.05, 0) is 37.0 Å². The summed E-state index contributed by atoms with van der Waals surface area (Å²) in [6, 6.07) is 5.27. The molecule has 0 aromatic heterocycles. The molecule has 8 nitrogen and oxygen atoms in total. The quantitative estimate of drug-likeness (QED) is 0.862. The number of rotatable bonds is 3. The van der Waals surface area contributed by atoms with Crippen LogP contribution in [-0.2, 0) is 4.74 Å². The fourth-order valence-electron chi connectivity index (χ4n) is 3.74. The van der Waals surface area contributed by atoms with Gasteiger partial charge in [-0.3, -0.25) is 4.79 Å². The van der Waals surface area contributed by atoms with Gasteiger partial charge in [0, 0.05) is 38.3 Å². The molecule has 4 rings (SSSR count). The number of morpholine rings is 1. The number of hydrogen-bond acceptors (Lipinski definition) is 5. The molecule has 2 fully saturated rings. The molecule has 1 N–H and O–H groups in total. The average molecular weight is 375 g/mol. The third kappa shape index (κ3) is 4.10. The van der Waals surface area contributed by atoms with E-state index in [9.17, 15) is 9.59 Å². The van der Waals surface area contributed by atoms with Crippen LogP contribution in [0.5, 0.6) is 11.5 Å². The number of amides is 3. The van der Waals surface area contributed by atoms with E-state index in [0.717, 1.165) is 19.4 Å². The molecule has 1 aromatic rings. The Bertz CT molecular complexity index is 705. The van der Waals surface area contributed by atoms with E-state index in [1.165, 1.54) is 0 Å². The van der Waals surface area contributed by atoms with Crippen molar-refractivity contribution in [1.29, 1.82) is 0 Å². The number of ether oxygens (including phenoxy) is 3. The normalized spacial score (nSPS) is 21.9. The number of piperidine rings is 1. The van der Waals surface area contributed by atoms with Gasteiger partial charge < -0.3 is 29.3 Å². The largest absolute Gasteiger partial charge is 0.454 e. The summed E-state index contributed by atoms with van der Waals surface area (Å²) in [7, 11) is 0. The standard InChI is InChI=1S/C19H25N3O5/c23-18(15-3-4-16-17(10-15)27-13-26-16)20-11-14-2-1-5-22(12-14)19(24)21-6-8-25-9-7-21/h3-4,10,14H,1-2,5-9,11-13H2,(H,20,23). The summed E-state index contributed by atoms with van der Waals surface area (Å²) in [5.41, 5.74) is 0.552. The number of carbonyl (C=O) groups is 2. The summed E-state index contributed by atoms with van der Waals surface area (Å²) in [6.45, 7) is 4.72.